The Balaban J connectivity index is 1.35. The van der Waals surface area contributed by atoms with Gasteiger partial charge in [-0.25, -0.2) is 8.42 Å². The van der Waals surface area contributed by atoms with Gasteiger partial charge in [0.25, 0.3) is 5.91 Å². The zero-order chi connectivity index (χ0) is 25.9. The van der Waals surface area contributed by atoms with E-state index in [1.807, 2.05) is 19.1 Å². The van der Waals surface area contributed by atoms with Crippen LogP contribution in [0, 0.1) is 13.8 Å². The SMILES string of the molecule is Cc1ccc(S(=O)(=O)N2C[C@@H](O)C[C@H]2C(=O)OCC(=O)Nc2ccc(N3CCOCC3)cc2)cc1C. The van der Waals surface area contributed by atoms with Gasteiger partial charge in [0.15, 0.2) is 6.61 Å². The van der Waals surface area contributed by atoms with E-state index in [4.69, 9.17) is 9.47 Å². The molecular formula is C25H31N3O7S. The first kappa shape index (κ1) is 26.1. The molecule has 0 aromatic heterocycles. The number of sulfonamides is 1. The Morgan fingerprint density at radius 2 is 1.78 bits per heavy atom. The number of anilines is 2. The smallest absolute Gasteiger partial charge is 0.325 e. The summed E-state index contributed by atoms with van der Waals surface area (Å²) in [5.41, 5.74) is 3.30. The van der Waals surface area contributed by atoms with Gasteiger partial charge in [-0.05, 0) is 61.4 Å². The van der Waals surface area contributed by atoms with Gasteiger partial charge in [0.05, 0.1) is 24.2 Å². The second-order valence-electron chi connectivity index (χ2n) is 9.03. The Labute approximate surface area is 210 Å². The van der Waals surface area contributed by atoms with Crippen molar-refractivity contribution in [3.05, 3.63) is 53.6 Å². The van der Waals surface area contributed by atoms with Crippen LogP contribution in [-0.2, 0) is 29.1 Å². The molecule has 2 fully saturated rings. The second kappa shape index (κ2) is 11.0. The van der Waals surface area contributed by atoms with Crippen molar-refractivity contribution in [2.24, 2.45) is 0 Å². The number of rotatable bonds is 7. The molecule has 2 saturated heterocycles. The van der Waals surface area contributed by atoms with Crippen molar-refractivity contribution < 1.29 is 32.6 Å². The van der Waals surface area contributed by atoms with E-state index in [2.05, 4.69) is 10.2 Å². The van der Waals surface area contributed by atoms with E-state index in [0.29, 0.717) is 18.9 Å². The number of aliphatic hydroxyl groups is 1. The maximum atomic E-state index is 13.2. The molecule has 1 amide bonds. The van der Waals surface area contributed by atoms with Crippen LogP contribution in [0.1, 0.15) is 17.5 Å². The minimum atomic E-state index is -4.05. The Morgan fingerprint density at radius 1 is 1.08 bits per heavy atom. The Morgan fingerprint density at radius 3 is 2.44 bits per heavy atom. The largest absolute Gasteiger partial charge is 0.454 e. The molecule has 0 unspecified atom stereocenters. The number of morpholine rings is 1. The predicted octanol–water partition coefficient (Wildman–Crippen LogP) is 1.45. The molecule has 2 aliphatic rings. The topological polar surface area (TPSA) is 125 Å². The van der Waals surface area contributed by atoms with Crippen LogP contribution >= 0.6 is 0 Å². The van der Waals surface area contributed by atoms with Crippen molar-refractivity contribution in [2.75, 3.05) is 49.7 Å². The van der Waals surface area contributed by atoms with E-state index >= 15 is 0 Å². The Bertz CT molecular complexity index is 1210. The van der Waals surface area contributed by atoms with Crippen molar-refractivity contribution in [2.45, 2.75) is 37.3 Å². The zero-order valence-corrected chi connectivity index (χ0v) is 21.2. The van der Waals surface area contributed by atoms with Gasteiger partial charge in [-0.15, -0.1) is 0 Å². The lowest BCUT2D eigenvalue weighted by atomic mass is 10.1. The van der Waals surface area contributed by atoms with Gasteiger partial charge in [-0.2, -0.15) is 4.31 Å². The number of carbonyl (C=O) groups excluding carboxylic acids is 2. The molecule has 4 rings (SSSR count). The maximum Gasteiger partial charge on any atom is 0.325 e. The quantitative estimate of drug-likeness (QED) is 0.529. The standard InChI is InChI=1S/C25H31N3O7S/c1-17-3-8-22(13-18(17)2)36(32,33)28-15-21(29)14-23(28)25(31)35-16-24(30)26-19-4-6-20(7-5-19)27-9-11-34-12-10-27/h3-8,13,21,23,29H,9-12,14-16H2,1-2H3,(H,26,30)/t21-,23-/m0/s1. The average molecular weight is 518 g/mol. The number of esters is 1. The maximum absolute atomic E-state index is 13.2. The number of aliphatic hydroxyl groups excluding tert-OH is 1. The molecule has 0 bridgehead atoms. The molecule has 2 heterocycles. The summed E-state index contributed by atoms with van der Waals surface area (Å²) in [6.45, 7) is 5.81. The minimum absolute atomic E-state index is 0.0377. The number of nitrogens with zero attached hydrogens (tertiary/aromatic N) is 2. The average Bonchev–Trinajstić information content (AvgIpc) is 3.28. The highest BCUT2D eigenvalue weighted by molar-refractivity contribution is 7.89. The van der Waals surface area contributed by atoms with Gasteiger partial charge in [0, 0.05) is 37.4 Å². The lowest BCUT2D eigenvalue weighted by molar-refractivity contribution is -0.150. The van der Waals surface area contributed by atoms with Gasteiger partial charge in [0.2, 0.25) is 10.0 Å². The van der Waals surface area contributed by atoms with Crippen LogP contribution in [0.2, 0.25) is 0 Å². The van der Waals surface area contributed by atoms with Gasteiger partial charge in [-0.1, -0.05) is 6.07 Å². The van der Waals surface area contributed by atoms with E-state index in [9.17, 15) is 23.1 Å². The van der Waals surface area contributed by atoms with Crippen LogP contribution in [0.5, 0.6) is 0 Å². The minimum Gasteiger partial charge on any atom is -0.454 e. The highest BCUT2D eigenvalue weighted by atomic mass is 32.2. The Hall–Kier alpha value is -2.99. The van der Waals surface area contributed by atoms with E-state index in [1.54, 1.807) is 25.1 Å². The fraction of sp³-hybridized carbons (Fsp3) is 0.440. The summed E-state index contributed by atoms with van der Waals surface area (Å²) in [6, 6.07) is 10.8. The third-order valence-corrected chi connectivity index (χ3v) is 8.33. The number of ether oxygens (including phenoxy) is 2. The number of carbonyl (C=O) groups is 2. The van der Waals surface area contributed by atoms with Gasteiger partial charge in [0.1, 0.15) is 6.04 Å². The van der Waals surface area contributed by atoms with Crippen molar-refractivity contribution >= 4 is 33.3 Å². The van der Waals surface area contributed by atoms with Gasteiger partial charge < -0.3 is 24.8 Å². The van der Waals surface area contributed by atoms with Crippen LogP contribution in [0.15, 0.2) is 47.4 Å². The number of β-amino-alcohol motifs (C(OH)–C–C–N with tert-alkyl or cyclic N) is 1. The van der Waals surface area contributed by atoms with Crippen molar-refractivity contribution in [1.82, 2.24) is 4.31 Å². The van der Waals surface area contributed by atoms with Crippen LogP contribution in [0.3, 0.4) is 0 Å². The summed E-state index contributed by atoms with van der Waals surface area (Å²) >= 11 is 0. The molecule has 2 aromatic carbocycles. The number of aryl methyl sites for hydroxylation is 2. The molecule has 2 N–H and O–H groups in total. The van der Waals surface area contributed by atoms with Crippen molar-refractivity contribution in [1.29, 1.82) is 0 Å². The Kier molecular flexibility index (Phi) is 7.94. The fourth-order valence-corrected chi connectivity index (χ4v) is 5.99. The highest BCUT2D eigenvalue weighted by Gasteiger charge is 2.44. The first-order valence-electron chi connectivity index (χ1n) is 11.8. The summed E-state index contributed by atoms with van der Waals surface area (Å²) in [5.74, 6) is -1.43. The van der Waals surface area contributed by atoms with Gasteiger partial charge >= 0.3 is 5.97 Å². The van der Waals surface area contributed by atoms with Crippen molar-refractivity contribution in [3.63, 3.8) is 0 Å². The molecule has 11 heteroatoms. The number of nitrogens with one attached hydrogen (secondary N) is 1. The lowest BCUT2D eigenvalue weighted by Crippen LogP contribution is -2.42. The number of amides is 1. The highest BCUT2D eigenvalue weighted by Crippen LogP contribution is 2.28. The summed E-state index contributed by atoms with van der Waals surface area (Å²) in [7, 11) is -4.05. The normalized spacial score (nSPS) is 20.8. The van der Waals surface area contributed by atoms with Gasteiger partial charge in [-0.3, -0.25) is 9.59 Å². The van der Waals surface area contributed by atoms with Crippen LogP contribution < -0.4 is 10.2 Å². The van der Waals surface area contributed by atoms with Crippen LogP contribution in [0.4, 0.5) is 11.4 Å². The fourth-order valence-electron chi connectivity index (χ4n) is 4.28. The molecule has 2 atom stereocenters. The molecule has 194 valence electrons. The first-order chi connectivity index (χ1) is 17.1. The third kappa shape index (κ3) is 5.86. The predicted molar refractivity (Wildman–Crippen MR) is 133 cm³/mol. The summed E-state index contributed by atoms with van der Waals surface area (Å²) < 4.78 is 37.8. The summed E-state index contributed by atoms with van der Waals surface area (Å²) in [5, 5.41) is 12.8. The van der Waals surface area contributed by atoms with E-state index in [1.165, 1.54) is 12.1 Å². The number of hydrogen-bond donors (Lipinski definition) is 2. The molecule has 2 aliphatic heterocycles. The molecule has 0 radical (unpaired) electrons. The second-order valence-corrected chi connectivity index (χ2v) is 10.9. The van der Waals surface area contributed by atoms with Crippen molar-refractivity contribution in [3.8, 4) is 0 Å². The zero-order valence-electron chi connectivity index (χ0n) is 20.3. The summed E-state index contributed by atoms with van der Waals surface area (Å²) in [4.78, 5) is 27.3. The molecule has 36 heavy (non-hydrogen) atoms. The number of hydrogen-bond acceptors (Lipinski definition) is 8. The molecule has 0 spiro atoms. The van der Waals surface area contributed by atoms with Crippen LogP contribution in [-0.4, -0.2) is 81.3 Å². The summed E-state index contributed by atoms with van der Waals surface area (Å²) in [6.07, 6.45) is -1.12. The lowest BCUT2D eigenvalue weighted by Gasteiger charge is -2.28. The number of benzene rings is 2. The van der Waals surface area contributed by atoms with E-state index < -0.39 is 40.7 Å². The monoisotopic (exact) mass is 517 g/mol. The van der Waals surface area contributed by atoms with E-state index in [0.717, 1.165) is 34.2 Å². The first-order valence-corrected chi connectivity index (χ1v) is 13.3. The molecular weight excluding hydrogens is 486 g/mol. The van der Waals surface area contributed by atoms with E-state index in [-0.39, 0.29) is 17.9 Å². The third-order valence-electron chi connectivity index (χ3n) is 6.46. The molecule has 0 aliphatic carbocycles. The molecule has 0 saturated carbocycles. The van der Waals surface area contributed by atoms with Crippen LogP contribution in [0.25, 0.3) is 0 Å². The molecule has 10 nitrogen and oxygen atoms in total. The molecule has 2 aromatic rings.